The maximum Gasteiger partial charge on any atom is 0.353 e. The van der Waals surface area contributed by atoms with Gasteiger partial charge >= 0.3 is 11.7 Å². The van der Waals surface area contributed by atoms with Crippen LogP contribution in [0.4, 0.5) is 17.3 Å². The molecule has 0 amide bonds. The van der Waals surface area contributed by atoms with E-state index in [-0.39, 0.29) is 29.2 Å². The number of carbonyl (C=O) groups excluding carboxylic acids is 1. The van der Waals surface area contributed by atoms with Gasteiger partial charge in [0.25, 0.3) is 0 Å². The first-order valence-corrected chi connectivity index (χ1v) is 9.18. The minimum atomic E-state index is -0.489. The van der Waals surface area contributed by atoms with Crippen molar-refractivity contribution in [2.24, 2.45) is 5.92 Å². The Morgan fingerprint density at radius 3 is 2.71 bits per heavy atom. The molecule has 0 atom stereocenters. The van der Waals surface area contributed by atoms with E-state index in [9.17, 15) is 14.9 Å². The van der Waals surface area contributed by atoms with E-state index in [2.05, 4.69) is 15.3 Å². The molecule has 1 aromatic carbocycles. The molecule has 0 saturated carbocycles. The van der Waals surface area contributed by atoms with Crippen LogP contribution >= 0.6 is 11.6 Å². The second-order valence-electron chi connectivity index (χ2n) is 6.38. The molecule has 1 fully saturated rings. The number of nitrogens with zero attached hydrogens (tertiary/aromatic N) is 4. The summed E-state index contributed by atoms with van der Waals surface area (Å²) < 4.78 is 4.78. The quantitative estimate of drug-likeness (QED) is 0.443. The van der Waals surface area contributed by atoms with Crippen molar-refractivity contribution >= 4 is 34.9 Å². The summed E-state index contributed by atoms with van der Waals surface area (Å²) in [6, 6.07) is 7.24. The third kappa shape index (κ3) is 4.30. The number of ether oxygens (including phenoxy) is 1. The molecule has 2 heterocycles. The van der Waals surface area contributed by atoms with Gasteiger partial charge in [-0.3, -0.25) is 14.9 Å². The highest BCUT2D eigenvalue weighted by molar-refractivity contribution is 6.31. The van der Waals surface area contributed by atoms with Gasteiger partial charge in [0.05, 0.1) is 18.0 Å². The molecule has 0 spiro atoms. The molecule has 148 valence electrons. The first kappa shape index (κ1) is 19.8. The Hall–Kier alpha value is -2.94. The van der Waals surface area contributed by atoms with Gasteiger partial charge in [-0.15, -0.1) is 0 Å². The number of aromatic nitrogens is 2. The Bertz CT molecular complexity index is 871. The van der Waals surface area contributed by atoms with Crippen LogP contribution < -0.4 is 10.2 Å². The number of benzene rings is 1. The molecule has 2 aromatic rings. The topological polar surface area (TPSA) is 110 Å². The van der Waals surface area contributed by atoms with Gasteiger partial charge in [0.15, 0.2) is 0 Å². The third-order valence-corrected chi connectivity index (χ3v) is 5.09. The monoisotopic (exact) mass is 405 g/mol. The summed E-state index contributed by atoms with van der Waals surface area (Å²) in [5, 5.41) is 15.3. The lowest BCUT2D eigenvalue weighted by Crippen LogP contribution is -2.37. The first-order valence-electron chi connectivity index (χ1n) is 8.80. The van der Waals surface area contributed by atoms with Crippen molar-refractivity contribution in [3.05, 3.63) is 51.3 Å². The number of nitrogens with one attached hydrogen (secondary N) is 1. The predicted octanol–water partition coefficient (Wildman–Crippen LogP) is 3.04. The molecule has 3 rings (SSSR count). The predicted molar refractivity (Wildman–Crippen MR) is 104 cm³/mol. The number of hydrogen-bond acceptors (Lipinski definition) is 8. The average molecular weight is 406 g/mol. The second-order valence-corrected chi connectivity index (χ2v) is 6.79. The summed E-state index contributed by atoms with van der Waals surface area (Å²) in [4.78, 5) is 32.9. The van der Waals surface area contributed by atoms with Gasteiger partial charge < -0.3 is 15.0 Å². The number of anilines is 2. The molecular weight excluding hydrogens is 386 g/mol. The summed E-state index contributed by atoms with van der Waals surface area (Å²) in [7, 11) is 1.36. The van der Waals surface area contributed by atoms with Crippen molar-refractivity contribution in [2.75, 3.05) is 30.4 Å². The van der Waals surface area contributed by atoms with Gasteiger partial charge in [0.1, 0.15) is 6.33 Å². The standard InChI is InChI=1S/C18H20ClN5O4/c1-28-18(25)12-6-8-23(9-7-12)17-15(24(26)27)16(21-11-22-17)20-10-13-4-2-3-5-14(13)19/h2-5,11-12H,6-10H2,1H3,(H,20,21,22). The van der Waals surface area contributed by atoms with Gasteiger partial charge in [-0.25, -0.2) is 9.97 Å². The fourth-order valence-corrected chi connectivity index (χ4v) is 3.42. The highest BCUT2D eigenvalue weighted by atomic mass is 35.5. The number of rotatable bonds is 6. The maximum absolute atomic E-state index is 11.7. The summed E-state index contributed by atoms with van der Waals surface area (Å²) >= 11 is 6.14. The average Bonchev–Trinajstić information content (AvgIpc) is 2.72. The smallest absolute Gasteiger partial charge is 0.353 e. The van der Waals surface area contributed by atoms with Crippen LogP contribution in [0.5, 0.6) is 0 Å². The van der Waals surface area contributed by atoms with Gasteiger partial charge in [-0.2, -0.15) is 0 Å². The van der Waals surface area contributed by atoms with E-state index >= 15 is 0 Å². The fourth-order valence-electron chi connectivity index (χ4n) is 3.21. The van der Waals surface area contributed by atoms with Crippen molar-refractivity contribution in [1.82, 2.24) is 9.97 Å². The molecule has 0 unspecified atom stereocenters. The van der Waals surface area contributed by atoms with Crippen LogP contribution in [0, 0.1) is 16.0 Å². The van der Waals surface area contributed by atoms with Crippen molar-refractivity contribution in [1.29, 1.82) is 0 Å². The highest BCUT2D eigenvalue weighted by Gasteiger charge is 2.32. The SMILES string of the molecule is COC(=O)C1CCN(c2ncnc(NCc3ccccc3Cl)c2[N+](=O)[O-])CC1. The number of nitro groups is 1. The number of halogens is 1. The van der Waals surface area contributed by atoms with E-state index in [1.807, 2.05) is 18.2 Å². The zero-order valence-corrected chi connectivity index (χ0v) is 16.1. The first-order chi connectivity index (χ1) is 13.5. The second kappa shape index (κ2) is 8.83. The number of esters is 1. The molecule has 1 saturated heterocycles. The van der Waals surface area contributed by atoms with Gasteiger partial charge in [-0.1, -0.05) is 29.8 Å². The molecule has 0 aliphatic carbocycles. The zero-order valence-electron chi connectivity index (χ0n) is 15.3. The Kier molecular flexibility index (Phi) is 6.25. The normalized spacial score (nSPS) is 14.6. The van der Waals surface area contributed by atoms with Crippen LogP contribution in [0.3, 0.4) is 0 Å². The summed E-state index contributed by atoms with van der Waals surface area (Å²) in [5.41, 5.74) is 0.614. The molecule has 1 N–H and O–H groups in total. The van der Waals surface area contributed by atoms with Crippen LogP contribution in [0.1, 0.15) is 18.4 Å². The highest BCUT2D eigenvalue weighted by Crippen LogP contribution is 2.34. The van der Waals surface area contributed by atoms with Crippen LogP contribution in [-0.4, -0.2) is 41.1 Å². The van der Waals surface area contributed by atoms with Gasteiger partial charge in [0.2, 0.25) is 11.6 Å². The molecule has 28 heavy (non-hydrogen) atoms. The van der Waals surface area contributed by atoms with Gasteiger partial charge in [-0.05, 0) is 24.5 Å². The minimum absolute atomic E-state index is 0.130. The number of methoxy groups -OCH3 is 1. The molecular formula is C18H20ClN5O4. The van der Waals surface area contributed by atoms with Crippen molar-refractivity contribution in [3.63, 3.8) is 0 Å². The van der Waals surface area contributed by atoms with Crippen LogP contribution in [-0.2, 0) is 16.1 Å². The number of carbonyl (C=O) groups is 1. The summed E-state index contributed by atoms with van der Waals surface area (Å²) in [6.07, 6.45) is 2.40. The van der Waals surface area contributed by atoms with E-state index in [0.29, 0.717) is 37.5 Å². The summed E-state index contributed by atoms with van der Waals surface area (Å²) in [6.45, 7) is 1.24. The van der Waals surface area contributed by atoms with E-state index in [1.165, 1.54) is 13.4 Å². The van der Waals surface area contributed by atoms with Gasteiger partial charge in [0, 0.05) is 24.7 Å². The maximum atomic E-state index is 11.7. The minimum Gasteiger partial charge on any atom is -0.469 e. The fraction of sp³-hybridized carbons (Fsp3) is 0.389. The lowest BCUT2D eigenvalue weighted by Gasteiger charge is -2.31. The Balaban J connectivity index is 1.79. The van der Waals surface area contributed by atoms with E-state index < -0.39 is 4.92 Å². The van der Waals surface area contributed by atoms with E-state index in [1.54, 1.807) is 11.0 Å². The largest absolute Gasteiger partial charge is 0.469 e. The molecule has 0 radical (unpaired) electrons. The molecule has 10 heteroatoms. The third-order valence-electron chi connectivity index (χ3n) is 4.72. The van der Waals surface area contributed by atoms with Crippen LogP contribution in [0.2, 0.25) is 5.02 Å². The van der Waals surface area contributed by atoms with E-state index in [4.69, 9.17) is 16.3 Å². The number of hydrogen-bond donors (Lipinski definition) is 1. The van der Waals surface area contributed by atoms with E-state index in [0.717, 1.165) is 5.56 Å². The van der Waals surface area contributed by atoms with Crippen molar-refractivity contribution in [2.45, 2.75) is 19.4 Å². The Morgan fingerprint density at radius 2 is 2.07 bits per heavy atom. The van der Waals surface area contributed by atoms with Crippen molar-refractivity contribution < 1.29 is 14.5 Å². The molecule has 1 aliphatic heterocycles. The van der Waals surface area contributed by atoms with Crippen molar-refractivity contribution in [3.8, 4) is 0 Å². The molecule has 9 nitrogen and oxygen atoms in total. The lowest BCUT2D eigenvalue weighted by molar-refractivity contribution is -0.383. The zero-order chi connectivity index (χ0) is 20.1. The van der Waals surface area contributed by atoms with Crippen LogP contribution in [0.25, 0.3) is 0 Å². The molecule has 1 aromatic heterocycles. The van der Waals surface area contributed by atoms with Crippen LogP contribution in [0.15, 0.2) is 30.6 Å². The lowest BCUT2D eigenvalue weighted by atomic mass is 9.97. The Morgan fingerprint density at radius 1 is 1.36 bits per heavy atom. The Labute approximate surface area is 166 Å². The molecule has 0 bridgehead atoms. The molecule has 1 aliphatic rings. The number of piperidine rings is 1. The summed E-state index contributed by atoms with van der Waals surface area (Å²) in [5.74, 6) is -0.0751.